The number of phenolic OH excluding ortho intramolecular Hbond substituents is 1. The van der Waals surface area contributed by atoms with Crippen molar-refractivity contribution in [2.45, 2.75) is 92.1 Å². The molecule has 1 N–H and O–H groups in total. The third-order valence-electron chi connectivity index (χ3n) is 6.03. The van der Waals surface area contributed by atoms with Crippen molar-refractivity contribution >= 4 is 12.0 Å². The zero-order valence-electron chi connectivity index (χ0n) is 21.9. The molecule has 0 bridgehead atoms. The Morgan fingerprint density at radius 3 is 2.32 bits per heavy atom. The Labute approximate surface area is 206 Å². The number of phenols is 1. The number of rotatable bonds is 12. The van der Waals surface area contributed by atoms with Gasteiger partial charge < -0.3 is 14.6 Å². The molecule has 0 aliphatic carbocycles. The Bertz CT molecular complexity index is 960. The molecule has 1 aromatic carbocycles. The summed E-state index contributed by atoms with van der Waals surface area (Å²) in [5, 5.41) is 10.1. The van der Waals surface area contributed by atoms with Gasteiger partial charge in [0.15, 0.2) is 0 Å². The third-order valence-corrected chi connectivity index (χ3v) is 6.03. The minimum Gasteiger partial charge on any atom is -0.508 e. The summed E-state index contributed by atoms with van der Waals surface area (Å²) < 4.78 is 11.5. The van der Waals surface area contributed by atoms with E-state index in [9.17, 15) is 9.90 Å². The number of fused-ring (bicyclic) bond motifs is 1. The van der Waals surface area contributed by atoms with Gasteiger partial charge in [-0.25, -0.2) is 0 Å². The molecule has 0 aromatic heterocycles. The number of hydrogen-bond donors (Lipinski definition) is 1. The average molecular weight is 467 g/mol. The van der Waals surface area contributed by atoms with E-state index in [0.29, 0.717) is 17.9 Å². The zero-order chi connectivity index (χ0) is 25.1. The van der Waals surface area contributed by atoms with Gasteiger partial charge in [-0.3, -0.25) is 4.79 Å². The Morgan fingerprint density at radius 1 is 1.03 bits per heavy atom. The predicted molar refractivity (Wildman–Crippen MR) is 141 cm³/mol. The molecule has 0 radical (unpaired) electrons. The number of ether oxygens (including phenoxy) is 2. The number of esters is 1. The van der Waals surface area contributed by atoms with Gasteiger partial charge in [-0.1, -0.05) is 41.0 Å². The first-order chi connectivity index (χ1) is 16.1. The minimum absolute atomic E-state index is 0.0782. The fraction of sp³-hybridized carbons (Fsp3) is 0.500. The molecule has 34 heavy (non-hydrogen) atoms. The molecule has 1 aliphatic heterocycles. The highest BCUT2D eigenvalue weighted by atomic mass is 16.5. The van der Waals surface area contributed by atoms with Crippen molar-refractivity contribution in [1.29, 1.82) is 0 Å². The molecule has 0 saturated heterocycles. The fourth-order valence-electron chi connectivity index (χ4n) is 4.05. The zero-order valence-corrected chi connectivity index (χ0v) is 21.9. The molecule has 186 valence electrons. The average Bonchev–Trinajstić information content (AvgIpc) is 2.74. The normalized spacial score (nSPS) is 17.7. The van der Waals surface area contributed by atoms with Gasteiger partial charge in [-0.05, 0) is 98.3 Å². The van der Waals surface area contributed by atoms with Crippen LogP contribution in [0.3, 0.4) is 0 Å². The van der Waals surface area contributed by atoms with Gasteiger partial charge in [0.25, 0.3) is 0 Å². The van der Waals surface area contributed by atoms with E-state index in [-0.39, 0.29) is 18.1 Å². The van der Waals surface area contributed by atoms with Crippen LogP contribution in [0.2, 0.25) is 0 Å². The van der Waals surface area contributed by atoms with Crippen molar-refractivity contribution in [3.05, 3.63) is 64.3 Å². The Morgan fingerprint density at radius 2 is 1.68 bits per heavy atom. The first-order valence-electron chi connectivity index (χ1n) is 12.5. The van der Waals surface area contributed by atoms with E-state index in [1.807, 2.05) is 12.2 Å². The van der Waals surface area contributed by atoms with Crippen molar-refractivity contribution in [1.82, 2.24) is 0 Å². The molecule has 1 atom stereocenters. The van der Waals surface area contributed by atoms with Gasteiger partial charge in [0.1, 0.15) is 17.1 Å². The number of allylic oxidation sites excluding steroid dienone is 6. The highest BCUT2D eigenvalue weighted by Gasteiger charge is 2.29. The summed E-state index contributed by atoms with van der Waals surface area (Å²) in [5.41, 5.74) is 5.21. The van der Waals surface area contributed by atoms with Crippen LogP contribution in [0.4, 0.5) is 0 Å². The lowest BCUT2D eigenvalue weighted by atomic mass is 9.92. The van der Waals surface area contributed by atoms with Crippen LogP contribution in [0.25, 0.3) is 6.08 Å². The number of aromatic hydroxyl groups is 1. The van der Waals surface area contributed by atoms with Crippen LogP contribution < -0.4 is 4.74 Å². The van der Waals surface area contributed by atoms with E-state index in [0.717, 1.165) is 44.1 Å². The first-order valence-corrected chi connectivity index (χ1v) is 12.5. The number of carbonyl (C=O) groups is 1. The lowest BCUT2D eigenvalue weighted by Crippen LogP contribution is -2.32. The molecule has 0 amide bonds. The van der Waals surface area contributed by atoms with Gasteiger partial charge in [-0.2, -0.15) is 0 Å². The summed E-state index contributed by atoms with van der Waals surface area (Å²) in [6.45, 7) is 12.9. The van der Waals surface area contributed by atoms with Crippen LogP contribution in [-0.4, -0.2) is 23.3 Å². The van der Waals surface area contributed by atoms with Gasteiger partial charge >= 0.3 is 5.97 Å². The van der Waals surface area contributed by atoms with Gasteiger partial charge in [0.05, 0.1) is 13.0 Å². The van der Waals surface area contributed by atoms with Gasteiger partial charge in [0, 0.05) is 11.1 Å². The van der Waals surface area contributed by atoms with E-state index in [1.165, 1.54) is 16.7 Å². The van der Waals surface area contributed by atoms with Crippen molar-refractivity contribution in [3.63, 3.8) is 0 Å². The minimum atomic E-state index is -0.467. The molecular weight excluding hydrogens is 424 g/mol. The fourth-order valence-corrected chi connectivity index (χ4v) is 4.05. The molecule has 2 rings (SSSR count). The monoisotopic (exact) mass is 466 g/mol. The van der Waals surface area contributed by atoms with Crippen LogP contribution >= 0.6 is 0 Å². The van der Waals surface area contributed by atoms with E-state index < -0.39 is 5.60 Å². The molecule has 1 aromatic rings. The Kier molecular flexibility index (Phi) is 10.7. The van der Waals surface area contributed by atoms with Gasteiger partial charge in [0.2, 0.25) is 0 Å². The number of carbonyl (C=O) groups excluding carboxylic acids is 1. The smallest absolute Gasteiger partial charge is 0.310 e. The summed E-state index contributed by atoms with van der Waals surface area (Å²) in [4.78, 5) is 12.0. The van der Waals surface area contributed by atoms with Crippen molar-refractivity contribution in [2.75, 3.05) is 6.61 Å². The highest BCUT2D eigenvalue weighted by molar-refractivity contribution is 5.76. The summed E-state index contributed by atoms with van der Waals surface area (Å²) >= 11 is 0. The second-order valence-electron chi connectivity index (χ2n) is 9.75. The summed E-state index contributed by atoms with van der Waals surface area (Å²) in [5.74, 6) is 0.454. The van der Waals surface area contributed by atoms with Crippen LogP contribution in [0, 0.1) is 0 Å². The Balaban J connectivity index is 1.93. The molecule has 0 fully saturated rings. The van der Waals surface area contributed by atoms with Crippen molar-refractivity contribution in [2.24, 2.45) is 0 Å². The molecule has 4 nitrogen and oxygen atoms in total. The maximum atomic E-state index is 12.0. The SMILES string of the molecule is CCOC(=O)Cc1cc(O)cc2c1O[C@](C)(CC/C=C(\C)CC/C=C(\C)CCC=C(C)C)C=C2. The van der Waals surface area contributed by atoms with Crippen LogP contribution in [0.1, 0.15) is 91.2 Å². The number of hydrogen-bond acceptors (Lipinski definition) is 4. The molecule has 4 heteroatoms. The summed E-state index contributed by atoms with van der Waals surface area (Å²) in [6.07, 6.45) is 17.2. The van der Waals surface area contributed by atoms with E-state index >= 15 is 0 Å². The largest absolute Gasteiger partial charge is 0.508 e. The predicted octanol–water partition coefficient (Wildman–Crippen LogP) is 7.86. The standard InChI is InChI=1S/C30H42O4/c1-7-33-28(32)21-26-20-27(31)19-25-16-18-30(6,34-29(25)26)17-10-15-24(5)14-9-13-23(4)12-8-11-22(2)3/h11,13,15-16,18-20,31H,7-10,12,14,17,21H2,1-6H3/b23-13+,24-15+/t30-/m1/s1. The quantitative estimate of drug-likeness (QED) is 0.252. The third kappa shape index (κ3) is 9.24. The molecule has 0 unspecified atom stereocenters. The topological polar surface area (TPSA) is 55.8 Å². The second-order valence-corrected chi connectivity index (χ2v) is 9.75. The van der Waals surface area contributed by atoms with E-state index in [2.05, 4.69) is 52.8 Å². The molecular formula is C30H42O4. The summed E-state index contributed by atoms with van der Waals surface area (Å²) in [7, 11) is 0. The summed E-state index contributed by atoms with van der Waals surface area (Å²) in [6, 6.07) is 3.26. The Hall–Kier alpha value is -2.75. The van der Waals surface area contributed by atoms with Crippen molar-refractivity contribution < 1.29 is 19.4 Å². The second kappa shape index (κ2) is 13.2. The van der Waals surface area contributed by atoms with Crippen molar-refractivity contribution in [3.8, 4) is 11.5 Å². The highest BCUT2D eigenvalue weighted by Crippen LogP contribution is 2.39. The lowest BCUT2D eigenvalue weighted by Gasteiger charge is -2.33. The van der Waals surface area contributed by atoms with Crippen LogP contribution in [0.15, 0.2) is 53.2 Å². The molecule has 0 saturated carbocycles. The maximum Gasteiger partial charge on any atom is 0.310 e. The van der Waals surface area contributed by atoms with E-state index in [1.54, 1.807) is 19.1 Å². The maximum absolute atomic E-state index is 12.0. The molecule has 1 aliphatic rings. The van der Waals surface area contributed by atoms with Gasteiger partial charge in [-0.15, -0.1) is 0 Å². The molecule has 1 heterocycles. The van der Waals surface area contributed by atoms with E-state index in [4.69, 9.17) is 9.47 Å². The molecule has 0 spiro atoms. The first kappa shape index (κ1) is 27.5. The van der Waals surface area contributed by atoms with Crippen LogP contribution in [0.5, 0.6) is 11.5 Å². The number of benzene rings is 1. The van der Waals surface area contributed by atoms with Crippen LogP contribution in [-0.2, 0) is 16.0 Å². The lowest BCUT2D eigenvalue weighted by molar-refractivity contribution is -0.142.